The average molecular weight is 257 g/mol. The number of halogens is 1. The van der Waals surface area contributed by atoms with Crippen LogP contribution >= 0.6 is 0 Å². The molecular formula is C15H12FNO2. The van der Waals surface area contributed by atoms with Crippen molar-refractivity contribution in [3.63, 3.8) is 0 Å². The molecule has 2 rings (SSSR count). The number of rotatable bonds is 4. The third kappa shape index (κ3) is 3.09. The van der Waals surface area contributed by atoms with Crippen LogP contribution in [0.5, 0.6) is 5.75 Å². The minimum absolute atomic E-state index is 0.0810. The van der Waals surface area contributed by atoms with Crippen LogP contribution in [0.2, 0.25) is 0 Å². The molecule has 2 aromatic rings. The Bertz CT molecular complexity index is 620. The molecule has 19 heavy (non-hydrogen) atoms. The van der Waals surface area contributed by atoms with Crippen molar-refractivity contribution in [2.24, 2.45) is 0 Å². The molecule has 2 aromatic carbocycles. The van der Waals surface area contributed by atoms with Crippen LogP contribution in [-0.4, -0.2) is 5.11 Å². The summed E-state index contributed by atoms with van der Waals surface area (Å²) in [5.41, 5.74) is 1.51. The van der Waals surface area contributed by atoms with Crippen LogP contribution in [0.25, 0.3) is 0 Å². The molecule has 0 radical (unpaired) electrons. The Kier molecular flexibility index (Phi) is 4.11. The van der Waals surface area contributed by atoms with Gasteiger partial charge in [0.15, 0.2) is 0 Å². The Balaban J connectivity index is 2.19. The molecule has 0 aliphatic heterocycles. The van der Waals surface area contributed by atoms with Gasteiger partial charge in [0.05, 0.1) is 18.2 Å². The molecule has 0 atom stereocenters. The number of nitriles is 1. The fourth-order valence-electron chi connectivity index (χ4n) is 1.72. The van der Waals surface area contributed by atoms with E-state index in [2.05, 4.69) is 0 Å². The SMILES string of the molecule is N#Cc1ccc(F)cc1COc1ccccc1CO. The highest BCUT2D eigenvalue weighted by atomic mass is 19.1. The number of aliphatic hydroxyl groups is 1. The predicted octanol–water partition coefficient (Wildman–Crippen LogP) is 2.77. The first-order valence-electron chi connectivity index (χ1n) is 5.74. The first kappa shape index (κ1) is 13.1. The van der Waals surface area contributed by atoms with Crippen LogP contribution in [0.3, 0.4) is 0 Å². The monoisotopic (exact) mass is 257 g/mol. The summed E-state index contributed by atoms with van der Waals surface area (Å²) in [5.74, 6) is 0.117. The lowest BCUT2D eigenvalue weighted by Crippen LogP contribution is -2.01. The van der Waals surface area contributed by atoms with Crippen molar-refractivity contribution in [3.8, 4) is 11.8 Å². The lowest BCUT2D eigenvalue weighted by Gasteiger charge is -2.10. The molecule has 0 amide bonds. The largest absolute Gasteiger partial charge is 0.488 e. The van der Waals surface area contributed by atoms with Gasteiger partial charge >= 0.3 is 0 Å². The third-order valence-electron chi connectivity index (χ3n) is 2.71. The molecule has 4 heteroatoms. The number of nitrogens with zero attached hydrogens (tertiary/aromatic N) is 1. The number of ether oxygens (including phenoxy) is 1. The second-order valence-corrected chi connectivity index (χ2v) is 3.97. The number of para-hydroxylation sites is 1. The summed E-state index contributed by atoms with van der Waals surface area (Å²) in [6.07, 6.45) is 0. The number of benzene rings is 2. The zero-order valence-corrected chi connectivity index (χ0v) is 10.1. The van der Waals surface area contributed by atoms with Gasteiger partial charge in [-0.25, -0.2) is 4.39 Å². The Labute approximate surface area is 110 Å². The fraction of sp³-hybridized carbons (Fsp3) is 0.133. The molecule has 0 saturated carbocycles. The quantitative estimate of drug-likeness (QED) is 0.916. The molecule has 3 nitrogen and oxygen atoms in total. The first-order valence-corrected chi connectivity index (χ1v) is 5.74. The van der Waals surface area contributed by atoms with E-state index in [0.717, 1.165) is 0 Å². The zero-order valence-electron chi connectivity index (χ0n) is 10.1. The van der Waals surface area contributed by atoms with E-state index in [9.17, 15) is 4.39 Å². The van der Waals surface area contributed by atoms with Crippen molar-refractivity contribution in [2.75, 3.05) is 0 Å². The second kappa shape index (κ2) is 5.98. The highest BCUT2D eigenvalue weighted by Gasteiger charge is 2.06. The lowest BCUT2D eigenvalue weighted by atomic mass is 10.1. The molecule has 0 spiro atoms. The van der Waals surface area contributed by atoms with Gasteiger partial charge in [0, 0.05) is 11.1 Å². The van der Waals surface area contributed by atoms with Crippen LogP contribution in [0.4, 0.5) is 4.39 Å². The molecule has 1 N–H and O–H groups in total. The van der Waals surface area contributed by atoms with Crippen molar-refractivity contribution >= 4 is 0 Å². The van der Waals surface area contributed by atoms with Crippen LogP contribution in [0.1, 0.15) is 16.7 Å². The topological polar surface area (TPSA) is 53.2 Å². The van der Waals surface area contributed by atoms with Crippen LogP contribution in [-0.2, 0) is 13.2 Å². The molecular weight excluding hydrogens is 245 g/mol. The summed E-state index contributed by atoms with van der Waals surface area (Å²) in [6, 6.07) is 13.0. The van der Waals surface area contributed by atoms with Crippen molar-refractivity contribution in [2.45, 2.75) is 13.2 Å². The van der Waals surface area contributed by atoms with Gasteiger partial charge in [0.25, 0.3) is 0 Å². The maximum atomic E-state index is 13.1. The summed E-state index contributed by atoms with van der Waals surface area (Å²) in [5, 5.41) is 18.1. The van der Waals surface area contributed by atoms with E-state index in [1.807, 2.05) is 6.07 Å². The van der Waals surface area contributed by atoms with E-state index >= 15 is 0 Å². The molecule has 96 valence electrons. The van der Waals surface area contributed by atoms with Crippen molar-refractivity contribution in [3.05, 3.63) is 65.0 Å². The minimum Gasteiger partial charge on any atom is -0.488 e. The zero-order chi connectivity index (χ0) is 13.7. The highest BCUT2D eigenvalue weighted by molar-refractivity contribution is 5.38. The van der Waals surface area contributed by atoms with Gasteiger partial charge < -0.3 is 9.84 Å². The fourth-order valence-corrected chi connectivity index (χ4v) is 1.72. The molecule has 0 fully saturated rings. The Morgan fingerprint density at radius 1 is 1.16 bits per heavy atom. The van der Waals surface area contributed by atoms with E-state index < -0.39 is 5.82 Å². The molecule has 0 saturated heterocycles. The number of hydrogen-bond donors (Lipinski definition) is 1. The van der Waals surface area contributed by atoms with Crippen molar-refractivity contribution in [1.29, 1.82) is 5.26 Å². The summed E-state index contributed by atoms with van der Waals surface area (Å²) < 4.78 is 18.7. The van der Waals surface area contributed by atoms with Crippen LogP contribution in [0.15, 0.2) is 42.5 Å². The van der Waals surface area contributed by atoms with E-state index in [-0.39, 0.29) is 13.2 Å². The smallest absolute Gasteiger partial charge is 0.125 e. The first-order chi connectivity index (χ1) is 9.24. The van der Waals surface area contributed by atoms with Gasteiger partial charge in [-0.2, -0.15) is 5.26 Å². The van der Waals surface area contributed by atoms with E-state index in [1.54, 1.807) is 24.3 Å². The standard InChI is InChI=1S/C15H12FNO2/c16-14-6-5-11(8-17)13(7-14)10-19-15-4-2-1-3-12(15)9-18/h1-7,18H,9-10H2. The number of hydrogen-bond acceptors (Lipinski definition) is 3. The van der Waals surface area contributed by atoms with E-state index in [0.29, 0.717) is 22.4 Å². The van der Waals surface area contributed by atoms with Crippen molar-refractivity contribution in [1.82, 2.24) is 0 Å². The number of aliphatic hydroxyl groups excluding tert-OH is 1. The van der Waals surface area contributed by atoms with Gasteiger partial charge in [-0.3, -0.25) is 0 Å². The van der Waals surface area contributed by atoms with E-state index in [4.69, 9.17) is 15.1 Å². The third-order valence-corrected chi connectivity index (χ3v) is 2.71. The van der Waals surface area contributed by atoms with Gasteiger partial charge in [-0.05, 0) is 24.3 Å². The molecule has 0 unspecified atom stereocenters. The Morgan fingerprint density at radius 2 is 1.95 bits per heavy atom. The van der Waals surface area contributed by atoms with E-state index in [1.165, 1.54) is 18.2 Å². The molecule has 0 bridgehead atoms. The summed E-state index contributed by atoms with van der Waals surface area (Å²) in [6.45, 7) is -0.0535. The maximum absolute atomic E-state index is 13.1. The minimum atomic E-state index is -0.409. The molecule has 0 heterocycles. The summed E-state index contributed by atoms with van der Waals surface area (Å²) in [7, 11) is 0. The van der Waals surface area contributed by atoms with Gasteiger partial charge in [-0.15, -0.1) is 0 Å². The highest BCUT2D eigenvalue weighted by Crippen LogP contribution is 2.20. The summed E-state index contributed by atoms with van der Waals surface area (Å²) >= 11 is 0. The average Bonchev–Trinajstić information content (AvgIpc) is 2.45. The van der Waals surface area contributed by atoms with Crippen LogP contribution < -0.4 is 4.74 Å². The molecule has 0 aromatic heterocycles. The Hall–Kier alpha value is -2.38. The normalized spacial score (nSPS) is 9.95. The van der Waals surface area contributed by atoms with Crippen LogP contribution in [0, 0.1) is 17.1 Å². The predicted molar refractivity (Wildman–Crippen MR) is 67.8 cm³/mol. The Morgan fingerprint density at radius 3 is 2.68 bits per heavy atom. The molecule has 0 aliphatic rings. The maximum Gasteiger partial charge on any atom is 0.125 e. The van der Waals surface area contributed by atoms with Gasteiger partial charge in [0.1, 0.15) is 18.2 Å². The molecule has 0 aliphatic carbocycles. The second-order valence-electron chi connectivity index (χ2n) is 3.97. The van der Waals surface area contributed by atoms with Crippen molar-refractivity contribution < 1.29 is 14.2 Å². The van der Waals surface area contributed by atoms with Gasteiger partial charge in [0.2, 0.25) is 0 Å². The van der Waals surface area contributed by atoms with Gasteiger partial charge in [-0.1, -0.05) is 18.2 Å². The lowest BCUT2D eigenvalue weighted by molar-refractivity contribution is 0.258. The summed E-state index contributed by atoms with van der Waals surface area (Å²) in [4.78, 5) is 0.